The SMILES string of the molecule is Cc1ccc(C(=O)NC2(CCl)CCC(C)CC2)cc1Cl. The summed E-state index contributed by atoms with van der Waals surface area (Å²) in [5.41, 5.74) is 1.31. The molecule has 1 fully saturated rings. The number of carbonyl (C=O) groups excluding carboxylic acids is 1. The van der Waals surface area contributed by atoms with Crippen molar-refractivity contribution in [1.82, 2.24) is 5.32 Å². The quantitative estimate of drug-likeness (QED) is 0.814. The smallest absolute Gasteiger partial charge is 0.251 e. The van der Waals surface area contributed by atoms with Gasteiger partial charge in [-0.25, -0.2) is 0 Å². The number of halogens is 2. The van der Waals surface area contributed by atoms with Gasteiger partial charge in [0.25, 0.3) is 5.91 Å². The Morgan fingerprint density at radius 2 is 2.05 bits per heavy atom. The number of benzene rings is 1. The van der Waals surface area contributed by atoms with Crippen LogP contribution in [0.15, 0.2) is 18.2 Å². The summed E-state index contributed by atoms with van der Waals surface area (Å²) >= 11 is 12.2. The predicted octanol–water partition coefficient (Wildman–Crippen LogP) is 4.57. The number of aryl methyl sites for hydroxylation is 1. The van der Waals surface area contributed by atoms with E-state index in [4.69, 9.17) is 23.2 Å². The second kappa shape index (κ2) is 6.36. The Labute approximate surface area is 130 Å². The lowest BCUT2D eigenvalue weighted by atomic mass is 9.78. The molecule has 0 atom stereocenters. The van der Waals surface area contributed by atoms with Crippen molar-refractivity contribution in [3.8, 4) is 0 Å². The third-order valence-electron chi connectivity index (χ3n) is 4.30. The maximum Gasteiger partial charge on any atom is 0.251 e. The maximum atomic E-state index is 12.4. The lowest BCUT2D eigenvalue weighted by Gasteiger charge is -2.38. The molecule has 0 saturated heterocycles. The second-order valence-corrected chi connectivity index (χ2v) is 6.69. The molecule has 1 aromatic rings. The van der Waals surface area contributed by atoms with Crippen LogP contribution < -0.4 is 5.32 Å². The van der Waals surface area contributed by atoms with Gasteiger partial charge in [0.15, 0.2) is 0 Å². The predicted molar refractivity (Wildman–Crippen MR) is 84.7 cm³/mol. The Kier molecular flexibility index (Phi) is 4.98. The number of nitrogens with one attached hydrogen (secondary N) is 1. The standard InChI is InChI=1S/C16H21Cl2NO/c1-11-5-7-16(10-17,8-6-11)19-15(20)13-4-3-12(2)14(18)9-13/h3-4,9,11H,5-8,10H2,1-2H3,(H,19,20). The van der Waals surface area contributed by atoms with Crippen LogP contribution in [0.2, 0.25) is 5.02 Å². The van der Waals surface area contributed by atoms with E-state index in [1.807, 2.05) is 19.1 Å². The van der Waals surface area contributed by atoms with Crippen molar-refractivity contribution in [2.24, 2.45) is 5.92 Å². The van der Waals surface area contributed by atoms with Crippen molar-refractivity contribution in [3.63, 3.8) is 0 Å². The first-order valence-electron chi connectivity index (χ1n) is 7.10. The van der Waals surface area contributed by atoms with Gasteiger partial charge in [-0.2, -0.15) is 0 Å². The zero-order valence-corrected chi connectivity index (χ0v) is 13.5. The van der Waals surface area contributed by atoms with Crippen molar-refractivity contribution in [2.75, 3.05) is 5.88 Å². The summed E-state index contributed by atoms with van der Waals surface area (Å²) in [6.07, 6.45) is 4.12. The first-order valence-corrected chi connectivity index (χ1v) is 8.02. The van der Waals surface area contributed by atoms with E-state index in [-0.39, 0.29) is 11.4 Å². The maximum absolute atomic E-state index is 12.4. The number of alkyl halides is 1. The normalized spacial score (nSPS) is 26.3. The first-order chi connectivity index (χ1) is 9.46. The largest absolute Gasteiger partial charge is 0.345 e. The summed E-state index contributed by atoms with van der Waals surface area (Å²) in [6, 6.07) is 5.40. The molecule has 20 heavy (non-hydrogen) atoms. The number of amides is 1. The molecule has 2 nitrogen and oxygen atoms in total. The van der Waals surface area contributed by atoms with Crippen molar-refractivity contribution in [1.29, 1.82) is 0 Å². The fourth-order valence-corrected chi connectivity index (χ4v) is 3.17. The zero-order valence-electron chi connectivity index (χ0n) is 12.0. The van der Waals surface area contributed by atoms with Crippen LogP contribution in [-0.2, 0) is 0 Å². The highest BCUT2D eigenvalue weighted by Gasteiger charge is 2.35. The van der Waals surface area contributed by atoms with Gasteiger partial charge in [-0.1, -0.05) is 24.6 Å². The van der Waals surface area contributed by atoms with Crippen LogP contribution in [0.1, 0.15) is 48.5 Å². The van der Waals surface area contributed by atoms with Crippen molar-refractivity contribution in [3.05, 3.63) is 34.3 Å². The van der Waals surface area contributed by atoms with Crippen LogP contribution in [0, 0.1) is 12.8 Å². The highest BCUT2D eigenvalue weighted by Crippen LogP contribution is 2.33. The number of hydrogen-bond acceptors (Lipinski definition) is 1. The Morgan fingerprint density at radius 3 is 2.60 bits per heavy atom. The molecule has 0 unspecified atom stereocenters. The van der Waals surface area contributed by atoms with E-state index in [1.165, 1.54) is 0 Å². The second-order valence-electron chi connectivity index (χ2n) is 6.01. The number of rotatable bonds is 3. The van der Waals surface area contributed by atoms with Crippen LogP contribution in [0.4, 0.5) is 0 Å². The Morgan fingerprint density at radius 1 is 1.40 bits per heavy atom. The molecule has 1 amide bonds. The molecular formula is C16H21Cl2NO. The van der Waals surface area contributed by atoms with Crippen LogP contribution in [0.3, 0.4) is 0 Å². The minimum atomic E-state index is -0.261. The summed E-state index contributed by atoms with van der Waals surface area (Å²) in [5.74, 6) is 1.10. The van der Waals surface area contributed by atoms with E-state index in [0.29, 0.717) is 16.5 Å². The van der Waals surface area contributed by atoms with E-state index in [2.05, 4.69) is 12.2 Å². The average molecular weight is 314 g/mol. The Hall–Kier alpha value is -0.730. The number of carbonyl (C=O) groups is 1. The zero-order chi connectivity index (χ0) is 14.8. The summed E-state index contributed by atoms with van der Waals surface area (Å²) in [6.45, 7) is 4.17. The molecule has 0 aromatic heterocycles. The lowest BCUT2D eigenvalue weighted by Crippen LogP contribution is -2.52. The monoisotopic (exact) mass is 313 g/mol. The molecule has 0 spiro atoms. The minimum Gasteiger partial charge on any atom is -0.345 e. The topological polar surface area (TPSA) is 29.1 Å². The molecule has 1 saturated carbocycles. The van der Waals surface area contributed by atoms with Crippen LogP contribution in [-0.4, -0.2) is 17.3 Å². The van der Waals surface area contributed by atoms with E-state index < -0.39 is 0 Å². The number of hydrogen-bond donors (Lipinski definition) is 1. The molecule has 0 heterocycles. The molecule has 110 valence electrons. The summed E-state index contributed by atoms with van der Waals surface area (Å²) in [4.78, 5) is 12.4. The van der Waals surface area contributed by atoms with E-state index in [1.54, 1.807) is 6.07 Å². The molecule has 4 heteroatoms. The summed E-state index contributed by atoms with van der Waals surface area (Å²) < 4.78 is 0. The van der Waals surface area contributed by atoms with Crippen molar-refractivity contribution < 1.29 is 4.79 Å². The van der Waals surface area contributed by atoms with Crippen LogP contribution in [0.5, 0.6) is 0 Å². The van der Waals surface area contributed by atoms with Gasteiger partial charge in [-0.05, 0) is 56.2 Å². The molecule has 2 rings (SSSR count). The van der Waals surface area contributed by atoms with Gasteiger partial charge in [0, 0.05) is 16.5 Å². The van der Waals surface area contributed by atoms with Gasteiger partial charge in [-0.15, -0.1) is 11.6 Å². The summed E-state index contributed by atoms with van der Waals surface area (Å²) in [5, 5.41) is 3.76. The minimum absolute atomic E-state index is 0.0814. The third-order valence-corrected chi connectivity index (χ3v) is 5.22. The van der Waals surface area contributed by atoms with E-state index >= 15 is 0 Å². The van der Waals surface area contributed by atoms with Crippen LogP contribution in [0.25, 0.3) is 0 Å². The third kappa shape index (κ3) is 3.48. The molecule has 0 aliphatic heterocycles. The van der Waals surface area contributed by atoms with Gasteiger partial charge < -0.3 is 5.32 Å². The fourth-order valence-electron chi connectivity index (χ4n) is 2.65. The first kappa shape index (κ1) is 15.7. The molecular weight excluding hydrogens is 293 g/mol. The fraction of sp³-hybridized carbons (Fsp3) is 0.562. The molecule has 0 radical (unpaired) electrons. The van der Waals surface area contributed by atoms with E-state index in [0.717, 1.165) is 37.2 Å². The summed E-state index contributed by atoms with van der Waals surface area (Å²) in [7, 11) is 0. The Balaban J connectivity index is 2.11. The molecule has 1 aliphatic carbocycles. The molecule has 1 aliphatic rings. The Bertz CT molecular complexity index is 493. The van der Waals surface area contributed by atoms with Gasteiger partial charge in [-0.3, -0.25) is 4.79 Å². The molecule has 0 bridgehead atoms. The van der Waals surface area contributed by atoms with Crippen LogP contribution >= 0.6 is 23.2 Å². The average Bonchev–Trinajstić information content (AvgIpc) is 2.44. The highest BCUT2D eigenvalue weighted by molar-refractivity contribution is 6.31. The molecule has 1 N–H and O–H groups in total. The van der Waals surface area contributed by atoms with E-state index in [9.17, 15) is 4.79 Å². The van der Waals surface area contributed by atoms with Gasteiger partial charge in [0.05, 0.1) is 5.54 Å². The molecule has 1 aromatic carbocycles. The van der Waals surface area contributed by atoms with Gasteiger partial charge in [0.1, 0.15) is 0 Å². The lowest BCUT2D eigenvalue weighted by molar-refractivity contribution is 0.0872. The highest BCUT2D eigenvalue weighted by atomic mass is 35.5. The van der Waals surface area contributed by atoms with Crippen molar-refractivity contribution in [2.45, 2.75) is 45.1 Å². The van der Waals surface area contributed by atoms with Gasteiger partial charge >= 0.3 is 0 Å². The van der Waals surface area contributed by atoms with Crippen molar-refractivity contribution >= 4 is 29.1 Å². The van der Waals surface area contributed by atoms with Gasteiger partial charge in [0.2, 0.25) is 0 Å².